The van der Waals surface area contributed by atoms with Crippen LogP contribution in [0.15, 0.2) is 48.7 Å². The van der Waals surface area contributed by atoms with E-state index in [4.69, 9.17) is 0 Å². The van der Waals surface area contributed by atoms with Gasteiger partial charge in [-0.1, -0.05) is 19.1 Å². The van der Waals surface area contributed by atoms with Crippen molar-refractivity contribution in [3.05, 3.63) is 77.2 Å². The van der Waals surface area contributed by atoms with Crippen molar-refractivity contribution in [2.45, 2.75) is 51.4 Å². The normalized spacial score (nSPS) is 19.9. The highest BCUT2D eigenvalue weighted by molar-refractivity contribution is 5.82. The van der Waals surface area contributed by atoms with E-state index in [2.05, 4.69) is 27.1 Å². The molecule has 1 aliphatic rings. The van der Waals surface area contributed by atoms with Gasteiger partial charge in [0.2, 0.25) is 0 Å². The lowest BCUT2D eigenvalue weighted by molar-refractivity contribution is 0.286. The van der Waals surface area contributed by atoms with Crippen LogP contribution in [0.25, 0.3) is 22.3 Å². The lowest BCUT2D eigenvalue weighted by atomic mass is 9.73. The predicted octanol–water partition coefficient (Wildman–Crippen LogP) is 6.68. The van der Waals surface area contributed by atoms with Crippen molar-refractivity contribution >= 4 is 10.9 Å². The first-order chi connectivity index (χ1) is 15.5. The minimum absolute atomic E-state index is 0.219. The maximum absolute atomic E-state index is 13.9. The van der Waals surface area contributed by atoms with Gasteiger partial charge >= 0.3 is 0 Å². The summed E-state index contributed by atoms with van der Waals surface area (Å²) in [5.74, 6) is 2.05. The van der Waals surface area contributed by atoms with Crippen molar-refractivity contribution in [1.82, 2.24) is 20.2 Å². The highest BCUT2D eigenvalue weighted by Gasteiger charge is 2.29. The Hall–Kier alpha value is -3.15. The fraction of sp³-hybridized carbons (Fsp3) is 0.346. The summed E-state index contributed by atoms with van der Waals surface area (Å²) in [6.07, 6.45) is 6.07. The molecule has 2 heterocycles. The Labute approximate surface area is 186 Å². The summed E-state index contributed by atoms with van der Waals surface area (Å²) in [6, 6.07) is 12.0. The summed E-state index contributed by atoms with van der Waals surface area (Å²) in [4.78, 5) is 9.06. The first-order valence-electron chi connectivity index (χ1n) is 11.2. The topological polar surface area (TPSA) is 54.5 Å². The molecule has 1 aliphatic carbocycles. The van der Waals surface area contributed by atoms with E-state index in [1.165, 1.54) is 17.7 Å². The molecule has 6 heteroatoms. The number of nitrogens with zero attached hydrogens (tertiary/aromatic N) is 3. The van der Waals surface area contributed by atoms with Gasteiger partial charge in [0.15, 0.2) is 5.82 Å². The van der Waals surface area contributed by atoms with E-state index in [1.54, 1.807) is 25.1 Å². The molecule has 164 valence electrons. The minimum atomic E-state index is -0.247. The number of hydrogen-bond donors (Lipinski definition) is 1. The Morgan fingerprint density at radius 1 is 1.00 bits per heavy atom. The summed E-state index contributed by atoms with van der Waals surface area (Å²) >= 11 is 0. The molecule has 32 heavy (non-hydrogen) atoms. The molecule has 2 aromatic heterocycles. The SMILES string of the molecule is Cc1ccc(-c2n[nH]c(C(C)C3CCC(c4ccnc5ccc(F)cc45)CC3)n2)cc1F. The molecule has 0 amide bonds. The Bertz CT molecular complexity index is 1260. The molecule has 1 N–H and O–H groups in total. The van der Waals surface area contributed by atoms with Gasteiger partial charge in [-0.25, -0.2) is 13.8 Å². The average molecular weight is 433 g/mol. The second kappa shape index (κ2) is 8.41. The van der Waals surface area contributed by atoms with E-state index < -0.39 is 0 Å². The maximum Gasteiger partial charge on any atom is 0.181 e. The summed E-state index contributed by atoms with van der Waals surface area (Å²) < 4.78 is 27.8. The zero-order valence-corrected chi connectivity index (χ0v) is 18.3. The van der Waals surface area contributed by atoms with Crippen molar-refractivity contribution in [2.75, 3.05) is 0 Å². The molecule has 1 atom stereocenters. The second-order valence-corrected chi connectivity index (χ2v) is 8.97. The largest absolute Gasteiger partial charge is 0.262 e. The fourth-order valence-electron chi connectivity index (χ4n) is 4.99. The molecular formula is C26H26F2N4. The monoisotopic (exact) mass is 432 g/mol. The van der Waals surface area contributed by atoms with Crippen LogP contribution in [0.5, 0.6) is 0 Å². The van der Waals surface area contributed by atoms with Crippen LogP contribution in [0.3, 0.4) is 0 Å². The van der Waals surface area contributed by atoms with E-state index in [9.17, 15) is 8.78 Å². The van der Waals surface area contributed by atoms with Gasteiger partial charge in [-0.3, -0.25) is 10.1 Å². The lowest BCUT2D eigenvalue weighted by Crippen LogP contribution is -2.19. The van der Waals surface area contributed by atoms with Gasteiger partial charge < -0.3 is 0 Å². The predicted molar refractivity (Wildman–Crippen MR) is 121 cm³/mol. The van der Waals surface area contributed by atoms with E-state index in [-0.39, 0.29) is 17.6 Å². The summed E-state index contributed by atoms with van der Waals surface area (Å²) in [5.41, 5.74) is 3.34. The van der Waals surface area contributed by atoms with Crippen LogP contribution < -0.4 is 0 Å². The summed E-state index contributed by atoms with van der Waals surface area (Å²) in [5, 5.41) is 8.33. The Morgan fingerprint density at radius 3 is 2.59 bits per heavy atom. The van der Waals surface area contributed by atoms with Gasteiger partial charge in [0, 0.05) is 23.1 Å². The first kappa shape index (κ1) is 20.7. The molecule has 4 nitrogen and oxygen atoms in total. The van der Waals surface area contributed by atoms with Crippen molar-refractivity contribution in [2.24, 2.45) is 5.92 Å². The second-order valence-electron chi connectivity index (χ2n) is 8.97. The Morgan fingerprint density at radius 2 is 1.81 bits per heavy atom. The number of fused-ring (bicyclic) bond motifs is 1. The van der Waals surface area contributed by atoms with Gasteiger partial charge in [0.1, 0.15) is 17.5 Å². The van der Waals surface area contributed by atoms with Crippen molar-refractivity contribution in [3.8, 4) is 11.4 Å². The smallest absolute Gasteiger partial charge is 0.181 e. The molecule has 0 aliphatic heterocycles. The molecule has 1 fully saturated rings. The first-order valence-corrected chi connectivity index (χ1v) is 11.2. The minimum Gasteiger partial charge on any atom is -0.262 e. The van der Waals surface area contributed by atoms with Gasteiger partial charge in [-0.15, -0.1) is 0 Å². The molecule has 2 aromatic carbocycles. The van der Waals surface area contributed by atoms with Crippen LogP contribution in [0.2, 0.25) is 0 Å². The summed E-state index contributed by atoms with van der Waals surface area (Å²) in [7, 11) is 0. The molecule has 1 saturated carbocycles. The number of benzene rings is 2. The van der Waals surface area contributed by atoms with Gasteiger partial charge in [-0.2, -0.15) is 5.10 Å². The van der Waals surface area contributed by atoms with Gasteiger partial charge in [0.05, 0.1) is 5.52 Å². The Balaban J connectivity index is 1.29. The Kier molecular flexibility index (Phi) is 5.45. The van der Waals surface area contributed by atoms with Crippen LogP contribution in [0, 0.1) is 24.5 Å². The highest BCUT2D eigenvalue weighted by atomic mass is 19.1. The highest BCUT2D eigenvalue weighted by Crippen LogP contribution is 2.42. The van der Waals surface area contributed by atoms with E-state index in [0.29, 0.717) is 28.8 Å². The number of halogens is 2. The van der Waals surface area contributed by atoms with Crippen LogP contribution >= 0.6 is 0 Å². The average Bonchev–Trinajstić information content (AvgIpc) is 3.30. The van der Waals surface area contributed by atoms with Crippen LogP contribution in [0.1, 0.15) is 61.4 Å². The van der Waals surface area contributed by atoms with Gasteiger partial charge in [-0.05, 0) is 85.9 Å². The summed E-state index contributed by atoms with van der Waals surface area (Å²) in [6.45, 7) is 3.93. The van der Waals surface area contributed by atoms with Crippen molar-refractivity contribution in [3.63, 3.8) is 0 Å². The van der Waals surface area contributed by atoms with E-state index in [0.717, 1.165) is 42.4 Å². The lowest BCUT2D eigenvalue weighted by Gasteiger charge is -2.32. The van der Waals surface area contributed by atoms with Crippen molar-refractivity contribution < 1.29 is 8.78 Å². The molecule has 0 spiro atoms. The van der Waals surface area contributed by atoms with Crippen molar-refractivity contribution in [1.29, 1.82) is 0 Å². The molecule has 0 radical (unpaired) electrons. The van der Waals surface area contributed by atoms with E-state index in [1.807, 2.05) is 18.3 Å². The number of aryl methyl sites for hydroxylation is 1. The molecule has 1 unspecified atom stereocenters. The van der Waals surface area contributed by atoms with E-state index >= 15 is 0 Å². The molecule has 0 bridgehead atoms. The number of nitrogens with one attached hydrogen (secondary N) is 1. The zero-order valence-electron chi connectivity index (χ0n) is 18.3. The molecule has 5 rings (SSSR count). The standard InChI is InChI=1S/C26H26F2N4/c1-15-3-4-19(13-23(15)28)26-30-25(31-32-26)16(2)17-5-7-18(8-6-17)21-11-12-29-24-10-9-20(27)14-22(21)24/h3-4,9-14,16-18H,5-8H2,1-2H3,(H,30,31,32). The number of rotatable bonds is 4. The number of aromatic nitrogens is 4. The van der Waals surface area contributed by atoms with Gasteiger partial charge in [0.25, 0.3) is 0 Å². The molecule has 0 saturated heterocycles. The fourth-order valence-corrected chi connectivity index (χ4v) is 4.99. The number of pyridine rings is 1. The maximum atomic E-state index is 13.9. The third-order valence-electron chi connectivity index (χ3n) is 7.02. The number of H-pyrrole nitrogens is 1. The number of hydrogen-bond acceptors (Lipinski definition) is 3. The third kappa shape index (κ3) is 3.90. The zero-order chi connectivity index (χ0) is 22.2. The van der Waals surface area contributed by atoms with Crippen LogP contribution in [-0.4, -0.2) is 20.2 Å². The number of aromatic amines is 1. The quantitative estimate of drug-likeness (QED) is 0.391. The molecular weight excluding hydrogens is 406 g/mol. The molecule has 4 aromatic rings. The van der Waals surface area contributed by atoms with Crippen LogP contribution in [-0.2, 0) is 0 Å². The third-order valence-corrected chi connectivity index (χ3v) is 7.02. The van der Waals surface area contributed by atoms with Crippen LogP contribution in [0.4, 0.5) is 8.78 Å².